The fourth-order valence-corrected chi connectivity index (χ4v) is 10.8. The molecule has 12 rings (SSSR count). The van der Waals surface area contributed by atoms with Gasteiger partial charge in [0.1, 0.15) is 22.5 Å². The summed E-state index contributed by atoms with van der Waals surface area (Å²) in [5.41, 5.74) is 22.5. The van der Waals surface area contributed by atoms with Crippen LogP contribution >= 0.6 is 0 Å². The number of hydrogen-bond donors (Lipinski definition) is 2. The molecule has 0 aliphatic rings. The van der Waals surface area contributed by atoms with Gasteiger partial charge in [-0.1, -0.05) is 182 Å². The maximum absolute atomic E-state index is 12.1. The van der Waals surface area contributed by atoms with E-state index in [2.05, 4.69) is 87.4 Å². The van der Waals surface area contributed by atoms with E-state index in [1.165, 1.54) is 12.1 Å². The molecule has 0 atom stereocenters. The van der Waals surface area contributed by atoms with Gasteiger partial charge in [-0.15, -0.1) is 0 Å². The zero-order chi connectivity index (χ0) is 54.0. The molecular formula is C64H50N10O4. The van der Waals surface area contributed by atoms with Crippen molar-refractivity contribution >= 4 is 44.6 Å². The second-order valence-corrected chi connectivity index (χ2v) is 18.9. The van der Waals surface area contributed by atoms with Crippen molar-refractivity contribution in [1.29, 1.82) is 0 Å². The number of nitrogens with two attached hydrogens (primary N) is 2. The number of aryl methyl sites for hydroxylation is 2. The molecule has 14 nitrogen and oxygen atoms in total. The van der Waals surface area contributed by atoms with Crippen LogP contribution in [0.2, 0.25) is 0 Å². The predicted molar refractivity (Wildman–Crippen MR) is 307 cm³/mol. The lowest BCUT2D eigenvalue weighted by Crippen LogP contribution is -2.38. The summed E-state index contributed by atoms with van der Waals surface area (Å²) in [4.78, 5) is 31.4. The zero-order valence-electron chi connectivity index (χ0n) is 42.5. The predicted octanol–water partition coefficient (Wildman–Crippen LogP) is 13.5. The average Bonchev–Trinajstić information content (AvgIpc) is 4.25. The van der Waals surface area contributed by atoms with E-state index in [-0.39, 0.29) is 0 Å². The Morgan fingerprint density at radius 2 is 0.692 bits per heavy atom. The van der Waals surface area contributed by atoms with Gasteiger partial charge in [0, 0.05) is 57.8 Å². The minimum atomic E-state index is -1.09. The van der Waals surface area contributed by atoms with Gasteiger partial charge < -0.3 is 11.5 Å². The summed E-state index contributed by atoms with van der Waals surface area (Å²) in [6.45, 7) is 3.83. The lowest BCUT2D eigenvalue weighted by atomic mass is 9.77. The van der Waals surface area contributed by atoms with E-state index >= 15 is 0 Å². The minimum absolute atomic E-state index is 0.378. The van der Waals surface area contributed by atoms with Gasteiger partial charge in [0.25, 0.3) is 0 Å². The topological polar surface area (TPSA) is 200 Å². The van der Waals surface area contributed by atoms with Gasteiger partial charge in [-0.3, -0.25) is 30.2 Å². The van der Waals surface area contributed by atoms with Crippen LogP contribution < -0.4 is 11.5 Å². The maximum atomic E-state index is 12.1. The monoisotopic (exact) mass is 1020 g/mol. The molecule has 0 spiro atoms. The standard InChI is InChI=1S/C32H23N5O4.C32H27N5/c1-22-19-23(17-18-33-22)31-27-20-29(36(38)39)30(37(40)41)21-28(27)35(34-31)32(24-11-5-2-6-12-24,25-13-7-3-8-14-25)26-15-9-4-10-16-26;1-22-19-23(17-18-35-22)31-27-20-28(33)29(34)21-30(27)37(36-31)32(24-11-5-2-6-12-24,25-13-7-3-8-14-25)26-15-9-4-10-16-26/h2-21H,1H3;2-21H,33-34H2,1H3. The normalized spacial score (nSPS) is 11.5. The van der Waals surface area contributed by atoms with Crippen LogP contribution in [0.1, 0.15) is 44.8 Å². The van der Waals surface area contributed by atoms with Crippen molar-refractivity contribution in [2.75, 3.05) is 11.5 Å². The highest BCUT2D eigenvalue weighted by molar-refractivity contribution is 5.99. The van der Waals surface area contributed by atoms with E-state index in [0.29, 0.717) is 33.5 Å². The number of fused-ring (bicyclic) bond motifs is 2. The third-order valence-electron chi connectivity index (χ3n) is 14.2. The van der Waals surface area contributed by atoms with Crippen LogP contribution in [0.25, 0.3) is 44.3 Å². The molecule has 0 unspecified atom stereocenters. The smallest absolute Gasteiger partial charge is 0.348 e. The Hall–Kier alpha value is -10.6. The van der Waals surface area contributed by atoms with Gasteiger partial charge in [-0.25, -0.2) is 9.36 Å². The molecule has 0 saturated heterocycles. The van der Waals surface area contributed by atoms with E-state index in [0.717, 1.165) is 66.9 Å². The van der Waals surface area contributed by atoms with Crippen molar-refractivity contribution in [1.82, 2.24) is 29.5 Å². The summed E-state index contributed by atoms with van der Waals surface area (Å²) in [7, 11) is 0. The number of nitrogens with zero attached hydrogens (tertiary/aromatic N) is 8. The highest BCUT2D eigenvalue weighted by Crippen LogP contribution is 2.47. The number of nitro groups is 2. The van der Waals surface area contributed by atoms with Crippen LogP contribution in [0.5, 0.6) is 0 Å². The summed E-state index contributed by atoms with van der Waals surface area (Å²) >= 11 is 0. The molecule has 0 amide bonds. The second-order valence-electron chi connectivity index (χ2n) is 18.9. The summed E-state index contributed by atoms with van der Waals surface area (Å²) in [5.74, 6) is 0. The van der Waals surface area contributed by atoms with Crippen molar-refractivity contribution in [2.24, 2.45) is 0 Å². The molecule has 380 valence electrons. The van der Waals surface area contributed by atoms with Crippen molar-refractivity contribution in [3.63, 3.8) is 0 Å². The minimum Gasteiger partial charge on any atom is -0.397 e. The van der Waals surface area contributed by atoms with Crippen LogP contribution in [0.4, 0.5) is 22.7 Å². The zero-order valence-corrected chi connectivity index (χ0v) is 42.5. The number of anilines is 2. The Kier molecular flexibility index (Phi) is 13.1. The molecule has 0 saturated carbocycles. The highest BCUT2D eigenvalue weighted by atomic mass is 16.6. The second kappa shape index (κ2) is 20.6. The molecule has 4 N–H and O–H groups in total. The quantitative estimate of drug-likeness (QED) is 0.0513. The van der Waals surface area contributed by atoms with Crippen molar-refractivity contribution < 1.29 is 9.85 Å². The molecule has 0 radical (unpaired) electrons. The number of hydrogen-bond acceptors (Lipinski definition) is 10. The Morgan fingerprint density at radius 3 is 1.01 bits per heavy atom. The lowest BCUT2D eigenvalue weighted by Gasteiger charge is -2.37. The lowest BCUT2D eigenvalue weighted by molar-refractivity contribution is -0.422. The highest BCUT2D eigenvalue weighted by Gasteiger charge is 2.43. The summed E-state index contributed by atoms with van der Waals surface area (Å²) in [5, 5.41) is 36.0. The molecule has 8 aromatic carbocycles. The molecule has 78 heavy (non-hydrogen) atoms. The van der Waals surface area contributed by atoms with Gasteiger partial charge in [0.15, 0.2) is 0 Å². The SMILES string of the molecule is Cc1cc(-c2nn(C(c3ccccc3)(c3ccccc3)c3ccccc3)c3cc(N)c(N)cc23)ccn1.Cc1cc(-c2nn(C(c3ccccc3)(c3ccccc3)c3ccccc3)c3cc([N+](=O)[O-])c([N+](=O)[O-])cc23)ccn1. The molecule has 12 aromatic rings. The summed E-state index contributed by atoms with van der Waals surface area (Å²) < 4.78 is 3.88. The first-order chi connectivity index (χ1) is 38.0. The Morgan fingerprint density at radius 1 is 0.397 bits per heavy atom. The summed E-state index contributed by atoms with van der Waals surface area (Å²) in [6, 6.07) is 74.8. The third-order valence-corrected chi connectivity index (χ3v) is 14.2. The Labute approximate surface area is 448 Å². The van der Waals surface area contributed by atoms with Crippen LogP contribution in [-0.2, 0) is 11.1 Å². The van der Waals surface area contributed by atoms with Crippen LogP contribution in [0, 0.1) is 34.1 Å². The average molecular weight is 1020 g/mol. The van der Waals surface area contributed by atoms with Crippen molar-refractivity contribution in [3.05, 3.63) is 308 Å². The van der Waals surface area contributed by atoms with E-state index in [1.807, 2.05) is 160 Å². The van der Waals surface area contributed by atoms with Gasteiger partial charge >= 0.3 is 11.4 Å². The van der Waals surface area contributed by atoms with E-state index in [1.54, 1.807) is 16.9 Å². The number of pyridine rings is 2. The fraction of sp³-hybridized carbons (Fsp3) is 0.0625. The molecule has 0 aliphatic heterocycles. The Bertz CT molecular complexity index is 3950. The van der Waals surface area contributed by atoms with E-state index in [4.69, 9.17) is 21.7 Å². The molecule has 0 bridgehead atoms. The van der Waals surface area contributed by atoms with Crippen LogP contribution in [0.3, 0.4) is 0 Å². The number of benzene rings is 8. The third kappa shape index (κ3) is 8.62. The molecule has 14 heteroatoms. The first kappa shape index (κ1) is 49.6. The van der Waals surface area contributed by atoms with Crippen molar-refractivity contribution in [3.8, 4) is 22.5 Å². The van der Waals surface area contributed by atoms with Crippen LogP contribution in [0.15, 0.2) is 243 Å². The molecule has 4 aromatic heterocycles. The fourth-order valence-electron chi connectivity index (χ4n) is 10.8. The number of nitro benzene ring substituents is 2. The van der Waals surface area contributed by atoms with Crippen LogP contribution in [-0.4, -0.2) is 39.4 Å². The first-order valence-corrected chi connectivity index (χ1v) is 25.1. The number of aromatic nitrogens is 6. The molecule has 4 heterocycles. The van der Waals surface area contributed by atoms with E-state index < -0.39 is 32.3 Å². The maximum Gasteiger partial charge on any atom is 0.348 e. The van der Waals surface area contributed by atoms with Gasteiger partial charge in [0.05, 0.1) is 32.3 Å². The van der Waals surface area contributed by atoms with Crippen molar-refractivity contribution in [2.45, 2.75) is 24.9 Å². The molecule has 0 aliphatic carbocycles. The number of rotatable bonds is 12. The Balaban J connectivity index is 0.000000166. The van der Waals surface area contributed by atoms with Gasteiger partial charge in [-0.2, -0.15) is 10.2 Å². The molecule has 0 fully saturated rings. The largest absolute Gasteiger partial charge is 0.397 e. The van der Waals surface area contributed by atoms with Gasteiger partial charge in [-0.05, 0) is 83.6 Å². The summed E-state index contributed by atoms with van der Waals surface area (Å²) in [6.07, 6.45) is 3.46. The first-order valence-electron chi connectivity index (χ1n) is 25.1. The van der Waals surface area contributed by atoms with E-state index in [9.17, 15) is 20.2 Å². The van der Waals surface area contributed by atoms with Gasteiger partial charge in [0.2, 0.25) is 0 Å². The number of nitrogen functional groups attached to an aromatic ring is 2. The molecular weight excluding hydrogens is 973 g/mol.